The van der Waals surface area contributed by atoms with E-state index in [2.05, 4.69) is 0 Å². The topological polar surface area (TPSA) is 89.9 Å². The predicted octanol–water partition coefficient (Wildman–Crippen LogP) is 1.16. The molecule has 9 heteroatoms. The van der Waals surface area contributed by atoms with Gasteiger partial charge < -0.3 is 20.4 Å². The van der Waals surface area contributed by atoms with Crippen LogP contribution in [0.5, 0.6) is 0 Å². The van der Waals surface area contributed by atoms with Crippen LogP contribution in [0.2, 0.25) is 0 Å². The van der Waals surface area contributed by atoms with Crippen molar-refractivity contribution >= 4 is 17.7 Å². The van der Waals surface area contributed by atoms with Crippen LogP contribution in [0, 0.1) is 17.5 Å². The number of hydrogen-bond donors (Lipinski definition) is 3. The van der Waals surface area contributed by atoms with E-state index in [1.807, 2.05) is 5.32 Å². The van der Waals surface area contributed by atoms with Gasteiger partial charge in [0.15, 0.2) is 11.6 Å². The summed E-state index contributed by atoms with van der Waals surface area (Å²) in [4.78, 5) is 23.6. The number of aliphatic hydroxyl groups excluding tert-OH is 1. The Labute approximate surface area is 116 Å². The van der Waals surface area contributed by atoms with Crippen LogP contribution >= 0.6 is 0 Å². The van der Waals surface area contributed by atoms with E-state index in [1.165, 1.54) is 0 Å². The zero-order valence-electron chi connectivity index (χ0n) is 10.5. The molecule has 1 heterocycles. The summed E-state index contributed by atoms with van der Waals surface area (Å²) in [5, 5.41) is 20.3. The number of carboxylic acid groups (broad SMARTS) is 1. The Morgan fingerprint density at radius 3 is 2.43 bits per heavy atom. The number of carboxylic acids is 1. The number of rotatable bonds is 2. The summed E-state index contributed by atoms with van der Waals surface area (Å²) in [7, 11) is 0. The van der Waals surface area contributed by atoms with Crippen LogP contribution in [-0.2, 0) is 4.79 Å². The van der Waals surface area contributed by atoms with E-state index in [-0.39, 0.29) is 19.0 Å². The molecular weight excluding hydrogens is 293 g/mol. The van der Waals surface area contributed by atoms with Gasteiger partial charge in [-0.25, -0.2) is 22.8 Å². The lowest BCUT2D eigenvalue weighted by atomic mass is 10.2. The third kappa shape index (κ3) is 3.07. The highest BCUT2D eigenvalue weighted by Crippen LogP contribution is 2.22. The van der Waals surface area contributed by atoms with Crippen molar-refractivity contribution in [2.24, 2.45) is 0 Å². The van der Waals surface area contributed by atoms with Crippen LogP contribution in [0.15, 0.2) is 12.1 Å². The zero-order chi connectivity index (χ0) is 15.7. The number of carbonyl (C=O) groups excluding carboxylic acids is 1. The number of urea groups is 1. The molecule has 0 spiro atoms. The number of benzene rings is 1. The number of nitrogens with one attached hydrogen (secondary N) is 1. The summed E-state index contributed by atoms with van der Waals surface area (Å²) in [6, 6.07) is -1.58. The van der Waals surface area contributed by atoms with Gasteiger partial charge in [-0.3, -0.25) is 0 Å². The molecule has 0 saturated carbocycles. The third-order valence-corrected chi connectivity index (χ3v) is 3.08. The molecule has 1 fully saturated rings. The van der Waals surface area contributed by atoms with Crippen LogP contribution in [0.4, 0.5) is 23.7 Å². The molecular formula is C12H11F3N2O4. The van der Waals surface area contributed by atoms with E-state index < -0.39 is 47.3 Å². The van der Waals surface area contributed by atoms with Gasteiger partial charge in [0.2, 0.25) is 0 Å². The van der Waals surface area contributed by atoms with Crippen molar-refractivity contribution in [1.82, 2.24) is 4.90 Å². The Morgan fingerprint density at radius 2 is 1.81 bits per heavy atom. The van der Waals surface area contributed by atoms with Crippen molar-refractivity contribution < 1.29 is 33.0 Å². The number of aliphatic hydroxyl groups is 1. The summed E-state index contributed by atoms with van der Waals surface area (Å²) in [6.07, 6.45) is -1.19. The van der Waals surface area contributed by atoms with Crippen molar-refractivity contribution in [2.75, 3.05) is 11.9 Å². The zero-order valence-corrected chi connectivity index (χ0v) is 10.5. The second-order valence-electron chi connectivity index (χ2n) is 4.57. The SMILES string of the molecule is O=C(O)[C@@H]1C[C@@H](O)CN1C(=O)Nc1cc(F)c(F)cc1F. The molecule has 0 aromatic heterocycles. The number of anilines is 1. The van der Waals surface area contributed by atoms with E-state index in [0.29, 0.717) is 6.07 Å². The van der Waals surface area contributed by atoms with Gasteiger partial charge >= 0.3 is 12.0 Å². The highest BCUT2D eigenvalue weighted by molar-refractivity contribution is 5.92. The van der Waals surface area contributed by atoms with E-state index >= 15 is 0 Å². The molecule has 1 aromatic carbocycles. The molecule has 2 atom stereocenters. The standard InChI is InChI=1S/C12H11F3N2O4/c13-6-2-8(15)9(3-7(6)14)16-12(21)17-4-5(18)1-10(17)11(19)20/h2-3,5,10,18H,1,4H2,(H,16,21)(H,19,20)/t5-,10+/m1/s1. The van der Waals surface area contributed by atoms with Gasteiger partial charge in [-0.2, -0.15) is 0 Å². The molecule has 1 saturated heterocycles. The number of likely N-dealkylation sites (tertiary alicyclic amines) is 1. The number of halogens is 3. The van der Waals surface area contributed by atoms with Crippen molar-refractivity contribution in [3.05, 3.63) is 29.6 Å². The summed E-state index contributed by atoms with van der Waals surface area (Å²) in [6.45, 7) is -0.256. The molecule has 2 amide bonds. The molecule has 114 valence electrons. The monoisotopic (exact) mass is 304 g/mol. The van der Waals surface area contributed by atoms with Gasteiger partial charge in [0.05, 0.1) is 11.8 Å². The van der Waals surface area contributed by atoms with Crippen molar-refractivity contribution in [1.29, 1.82) is 0 Å². The predicted molar refractivity (Wildman–Crippen MR) is 64.1 cm³/mol. The average Bonchev–Trinajstić information content (AvgIpc) is 2.78. The van der Waals surface area contributed by atoms with Gasteiger partial charge in [0.1, 0.15) is 11.9 Å². The number of hydrogen-bond acceptors (Lipinski definition) is 3. The molecule has 0 aliphatic carbocycles. The van der Waals surface area contributed by atoms with Gasteiger partial charge in [0, 0.05) is 25.1 Å². The highest BCUT2D eigenvalue weighted by Gasteiger charge is 2.39. The second kappa shape index (κ2) is 5.60. The highest BCUT2D eigenvalue weighted by atomic mass is 19.2. The van der Waals surface area contributed by atoms with Crippen molar-refractivity contribution in [3.63, 3.8) is 0 Å². The van der Waals surface area contributed by atoms with Crippen LogP contribution < -0.4 is 5.32 Å². The van der Waals surface area contributed by atoms with Crippen molar-refractivity contribution in [3.8, 4) is 0 Å². The Bertz CT molecular complexity index is 596. The largest absolute Gasteiger partial charge is 0.480 e. The summed E-state index contributed by atoms with van der Waals surface area (Å²) in [5.41, 5.74) is -0.621. The summed E-state index contributed by atoms with van der Waals surface area (Å²) in [5.74, 6) is -5.30. The number of aliphatic carboxylic acids is 1. The van der Waals surface area contributed by atoms with Gasteiger partial charge in [-0.05, 0) is 0 Å². The van der Waals surface area contributed by atoms with Crippen LogP contribution in [-0.4, -0.2) is 45.8 Å². The minimum atomic E-state index is -1.41. The average molecular weight is 304 g/mol. The van der Waals surface area contributed by atoms with E-state index in [1.54, 1.807) is 0 Å². The van der Waals surface area contributed by atoms with Gasteiger partial charge in [0.25, 0.3) is 0 Å². The van der Waals surface area contributed by atoms with E-state index in [9.17, 15) is 27.9 Å². The van der Waals surface area contributed by atoms with Crippen molar-refractivity contribution in [2.45, 2.75) is 18.6 Å². The Hall–Kier alpha value is -2.29. The Balaban J connectivity index is 2.18. The number of β-amino-alcohol motifs (C(OH)–C–C–N with tert-alkyl or cyclic N) is 1. The number of amides is 2. The first-order chi connectivity index (χ1) is 9.79. The van der Waals surface area contributed by atoms with Gasteiger partial charge in [-0.15, -0.1) is 0 Å². The number of nitrogens with zero attached hydrogens (tertiary/aromatic N) is 1. The molecule has 0 unspecified atom stereocenters. The summed E-state index contributed by atoms with van der Waals surface area (Å²) < 4.78 is 39.2. The molecule has 1 aliphatic rings. The Morgan fingerprint density at radius 1 is 1.19 bits per heavy atom. The molecule has 1 aromatic rings. The first-order valence-electron chi connectivity index (χ1n) is 5.92. The smallest absolute Gasteiger partial charge is 0.326 e. The number of carbonyl (C=O) groups is 2. The lowest BCUT2D eigenvalue weighted by Gasteiger charge is -2.21. The molecule has 21 heavy (non-hydrogen) atoms. The Kier molecular flexibility index (Phi) is 4.03. The van der Waals surface area contributed by atoms with Crippen LogP contribution in [0.3, 0.4) is 0 Å². The van der Waals surface area contributed by atoms with Crippen LogP contribution in [0.1, 0.15) is 6.42 Å². The second-order valence-corrected chi connectivity index (χ2v) is 4.57. The normalized spacial score (nSPS) is 21.4. The quantitative estimate of drug-likeness (QED) is 0.715. The first kappa shape index (κ1) is 15.1. The molecule has 1 aliphatic heterocycles. The molecule has 0 radical (unpaired) electrons. The molecule has 6 nitrogen and oxygen atoms in total. The minimum absolute atomic E-state index is 0.164. The molecule has 0 bridgehead atoms. The molecule has 2 rings (SSSR count). The maximum Gasteiger partial charge on any atom is 0.326 e. The molecule has 3 N–H and O–H groups in total. The lowest BCUT2D eigenvalue weighted by molar-refractivity contribution is -0.141. The maximum atomic E-state index is 13.4. The summed E-state index contributed by atoms with van der Waals surface area (Å²) >= 11 is 0. The lowest BCUT2D eigenvalue weighted by Crippen LogP contribution is -2.43. The fourth-order valence-electron chi connectivity index (χ4n) is 2.08. The van der Waals surface area contributed by atoms with E-state index in [0.717, 1.165) is 4.90 Å². The first-order valence-corrected chi connectivity index (χ1v) is 5.92. The fraction of sp³-hybridized carbons (Fsp3) is 0.333. The minimum Gasteiger partial charge on any atom is -0.480 e. The van der Waals surface area contributed by atoms with Gasteiger partial charge in [-0.1, -0.05) is 0 Å². The van der Waals surface area contributed by atoms with E-state index in [4.69, 9.17) is 5.11 Å². The third-order valence-electron chi connectivity index (χ3n) is 3.08. The van der Waals surface area contributed by atoms with Crippen LogP contribution in [0.25, 0.3) is 0 Å². The maximum absolute atomic E-state index is 13.4. The fourth-order valence-corrected chi connectivity index (χ4v) is 2.08.